The minimum atomic E-state index is 0.0553. The van der Waals surface area contributed by atoms with Crippen LogP contribution in [0, 0.1) is 13.8 Å². The van der Waals surface area contributed by atoms with Crippen molar-refractivity contribution in [1.29, 1.82) is 0 Å². The summed E-state index contributed by atoms with van der Waals surface area (Å²) in [6, 6.07) is 14.0. The summed E-state index contributed by atoms with van der Waals surface area (Å²) in [5, 5.41) is 6.14. The highest BCUT2D eigenvalue weighted by atomic mass is 16.2. The molecule has 6 nitrogen and oxygen atoms in total. The molecule has 0 aromatic heterocycles. The van der Waals surface area contributed by atoms with Crippen LogP contribution in [0.25, 0.3) is 0 Å². The predicted molar refractivity (Wildman–Crippen MR) is 120 cm³/mol. The standard InChI is InChI=1S/C24H32N4O2/c1-4-20-10-5-6-11-21(20)25-22(29)16-27-12-14-28(15-13-27)17-23(30)26-24-18(2)8-7-9-19(24)3/h5-11H,4,12-17H2,1-3H3,(H,25,29)(H,26,30)/p+2. The fourth-order valence-electron chi connectivity index (χ4n) is 4.10. The molecular weight excluding hydrogens is 376 g/mol. The number of hydrogen-bond donors (Lipinski definition) is 4. The van der Waals surface area contributed by atoms with Gasteiger partial charge in [0.05, 0.1) is 0 Å². The normalized spacial score (nSPS) is 18.6. The summed E-state index contributed by atoms with van der Waals surface area (Å²) in [4.78, 5) is 27.5. The van der Waals surface area contributed by atoms with E-state index in [1.54, 1.807) is 0 Å². The largest absolute Gasteiger partial charge is 0.321 e. The van der Waals surface area contributed by atoms with E-state index < -0.39 is 0 Å². The molecule has 0 radical (unpaired) electrons. The van der Waals surface area contributed by atoms with Crippen molar-refractivity contribution in [2.24, 2.45) is 0 Å². The number of anilines is 2. The Morgan fingerprint density at radius 2 is 1.33 bits per heavy atom. The van der Waals surface area contributed by atoms with Crippen LogP contribution in [0.2, 0.25) is 0 Å². The summed E-state index contributed by atoms with van der Waals surface area (Å²) < 4.78 is 0. The van der Waals surface area contributed by atoms with Crippen LogP contribution in [0.3, 0.4) is 0 Å². The summed E-state index contributed by atoms with van der Waals surface area (Å²) in [6.07, 6.45) is 0.898. The molecule has 0 spiro atoms. The molecule has 0 bridgehead atoms. The predicted octanol–water partition coefficient (Wildman–Crippen LogP) is 0.226. The van der Waals surface area contributed by atoms with E-state index in [-0.39, 0.29) is 11.8 Å². The second-order valence-corrected chi connectivity index (χ2v) is 8.23. The van der Waals surface area contributed by atoms with E-state index >= 15 is 0 Å². The maximum atomic E-state index is 12.5. The lowest BCUT2D eigenvalue weighted by molar-refractivity contribution is -1.00. The fourth-order valence-corrected chi connectivity index (χ4v) is 4.10. The molecule has 160 valence electrons. The van der Waals surface area contributed by atoms with Gasteiger partial charge in [0.15, 0.2) is 13.1 Å². The third kappa shape index (κ3) is 5.90. The Kier molecular flexibility index (Phi) is 7.60. The zero-order valence-electron chi connectivity index (χ0n) is 18.3. The third-order valence-electron chi connectivity index (χ3n) is 5.90. The molecular formula is C24H34N4O2+2. The zero-order chi connectivity index (χ0) is 21.5. The highest BCUT2D eigenvalue weighted by Crippen LogP contribution is 2.19. The first-order valence-corrected chi connectivity index (χ1v) is 10.9. The SMILES string of the molecule is CCc1ccccc1NC(=O)C[NH+]1CC[NH+](CC(=O)Nc2c(C)cccc2C)CC1. The molecule has 1 aliphatic heterocycles. The molecule has 2 aromatic rings. The average Bonchev–Trinajstić information content (AvgIpc) is 2.72. The quantitative estimate of drug-likeness (QED) is 0.528. The van der Waals surface area contributed by atoms with Crippen LogP contribution in [0.5, 0.6) is 0 Å². The maximum absolute atomic E-state index is 12.5. The summed E-state index contributed by atoms with van der Waals surface area (Å²) >= 11 is 0. The lowest BCUT2D eigenvalue weighted by Crippen LogP contribution is -3.28. The van der Waals surface area contributed by atoms with E-state index in [2.05, 4.69) is 17.6 Å². The second-order valence-electron chi connectivity index (χ2n) is 8.23. The van der Waals surface area contributed by atoms with Crippen molar-refractivity contribution >= 4 is 23.2 Å². The van der Waals surface area contributed by atoms with Gasteiger partial charge < -0.3 is 20.4 Å². The van der Waals surface area contributed by atoms with E-state index in [1.807, 2.05) is 56.3 Å². The van der Waals surface area contributed by atoms with Crippen molar-refractivity contribution in [3.63, 3.8) is 0 Å². The van der Waals surface area contributed by atoms with Crippen LogP contribution in [-0.2, 0) is 16.0 Å². The first-order valence-electron chi connectivity index (χ1n) is 10.9. The number of quaternary nitrogens is 2. The van der Waals surface area contributed by atoms with Crippen molar-refractivity contribution in [2.45, 2.75) is 27.2 Å². The number of hydrogen-bond acceptors (Lipinski definition) is 2. The summed E-state index contributed by atoms with van der Waals surface area (Å²) in [5.74, 6) is 0.113. The number of amides is 2. The van der Waals surface area contributed by atoms with Crippen LogP contribution in [-0.4, -0.2) is 51.1 Å². The van der Waals surface area contributed by atoms with E-state index in [4.69, 9.17) is 0 Å². The zero-order valence-corrected chi connectivity index (χ0v) is 18.3. The van der Waals surface area contributed by atoms with Gasteiger partial charge in [0.2, 0.25) is 0 Å². The van der Waals surface area contributed by atoms with Gasteiger partial charge in [0.25, 0.3) is 11.8 Å². The monoisotopic (exact) mass is 410 g/mol. The van der Waals surface area contributed by atoms with E-state index in [1.165, 1.54) is 9.80 Å². The lowest BCUT2D eigenvalue weighted by Gasteiger charge is -2.29. The molecule has 4 N–H and O–H groups in total. The highest BCUT2D eigenvalue weighted by Gasteiger charge is 2.26. The van der Waals surface area contributed by atoms with Crippen LogP contribution >= 0.6 is 0 Å². The summed E-state index contributed by atoms with van der Waals surface area (Å²) in [5.41, 5.74) is 5.17. The number of piperazine rings is 1. The van der Waals surface area contributed by atoms with Gasteiger partial charge in [-0.25, -0.2) is 0 Å². The Morgan fingerprint density at radius 1 is 0.800 bits per heavy atom. The molecule has 0 atom stereocenters. The summed E-state index contributed by atoms with van der Waals surface area (Å²) in [7, 11) is 0. The minimum absolute atomic E-state index is 0.0553. The number of para-hydroxylation sites is 2. The lowest BCUT2D eigenvalue weighted by atomic mass is 10.1. The molecule has 1 saturated heterocycles. The third-order valence-corrected chi connectivity index (χ3v) is 5.90. The van der Waals surface area contributed by atoms with Crippen LogP contribution < -0.4 is 20.4 Å². The number of carbonyl (C=O) groups is 2. The highest BCUT2D eigenvalue weighted by molar-refractivity contribution is 5.93. The number of aryl methyl sites for hydroxylation is 3. The van der Waals surface area contributed by atoms with Gasteiger partial charge in [-0.15, -0.1) is 0 Å². The van der Waals surface area contributed by atoms with Gasteiger partial charge in [0.1, 0.15) is 26.2 Å². The van der Waals surface area contributed by atoms with Gasteiger partial charge in [-0.1, -0.05) is 43.3 Å². The summed E-state index contributed by atoms with van der Waals surface area (Å²) in [6.45, 7) is 10.7. The topological polar surface area (TPSA) is 67.1 Å². The number of benzene rings is 2. The van der Waals surface area contributed by atoms with Crippen molar-refractivity contribution < 1.29 is 19.4 Å². The average molecular weight is 411 g/mol. The first kappa shape index (κ1) is 22.0. The van der Waals surface area contributed by atoms with Crippen molar-refractivity contribution in [3.8, 4) is 0 Å². The van der Waals surface area contributed by atoms with Gasteiger partial charge in [-0.05, 0) is 43.0 Å². The Hall–Kier alpha value is -2.70. The minimum Gasteiger partial charge on any atom is -0.321 e. The van der Waals surface area contributed by atoms with Crippen LogP contribution in [0.4, 0.5) is 11.4 Å². The van der Waals surface area contributed by atoms with E-state index in [0.717, 1.165) is 60.7 Å². The van der Waals surface area contributed by atoms with Gasteiger partial charge in [-0.3, -0.25) is 9.59 Å². The molecule has 1 aliphatic rings. The molecule has 2 aromatic carbocycles. The van der Waals surface area contributed by atoms with Gasteiger partial charge >= 0.3 is 0 Å². The van der Waals surface area contributed by atoms with Gasteiger partial charge in [-0.2, -0.15) is 0 Å². The molecule has 0 aliphatic carbocycles. The molecule has 30 heavy (non-hydrogen) atoms. The van der Waals surface area contributed by atoms with Crippen LogP contribution in [0.1, 0.15) is 23.6 Å². The Bertz CT molecular complexity index is 868. The van der Waals surface area contributed by atoms with Crippen molar-refractivity contribution in [1.82, 2.24) is 0 Å². The first-order chi connectivity index (χ1) is 14.5. The molecule has 3 rings (SSSR count). The molecule has 2 amide bonds. The molecule has 0 unspecified atom stereocenters. The number of nitrogens with one attached hydrogen (secondary N) is 4. The second kappa shape index (κ2) is 10.4. The Morgan fingerprint density at radius 3 is 1.90 bits per heavy atom. The van der Waals surface area contributed by atoms with Crippen LogP contribution in [0.15, 0.2) is 42.5 Å². The van der Waals surface area contributed by atoms with Crippen molar-refractivity contribution in [3.05, 3.63) is 59.2 Å². The molecule has 0 saturated carbocycles. The molecule has 1 fully saturated rings. The number of rotatable bonds is 7. The van der Waals surface area contributed by atoms with Crippen molar-refractivity contribution in [2.75, 3.05) is 49.9 Å². The molecule has 6 heteroatoms. The number of carbonyl (C=O) groups excluding carboxylic acids is 2. The smallest absolute Gasteiger partial charge is 0.279 e. The van der Waals surface area contributed by atoms with E-state index in [0.29, 0.717) is 13.1 Å². The Balaban J connectivity index is 1.43. The fraction of sp³-hybridized carbons (Fsp3) is 0.417. The Labute approximate surface area is 179 Å². The van der Waals surface area contributed by atoms with Gasteiger partial charge in [0, 0.05) is 11.4 Å². The van der Waals surface area contributed by atoms with E-state index in [9.17, 15) is 9.59 Å². The maximum Gasteiger partial charge on any atom is 0.279 e. The molecule has 1 heterocycles.